The van der Waals surface area contributed by atoms with Gasteiger partial charge in [0, 0.05) is 11.3 Å². The van der Waals surface area contributed by atoms with E-state index in [0.29, 0.717) is 12.1 Å². The van der Waals surface area contributed by atoms with Crippen molar-refractivity contribution in [2.45, 2.75) is 19.4 Å². The Balaban J connectivity index is 1.95. The van der Waals surface area contributed by atoms with Gasteiger partial charge in [-0.3, -0.25) is 20.0 Å². The highest BCUT2D eigenvalue weighted by molar-refractivity contribution is 5.95. The fourth-order valence-electron chi connectivity index (χ4n) is 1.40. The molecule has 7 heteroatoms. The van der Waals surface area contributed by atoms with Crippen molar-refractivity contribution in [2.24, 2.45) is 5.92 Å². The summed E-state index contributed by atoms with van der Waals surface area (Å²) in [6, 6.07) is -0.711. The van der Waals surface area contributed by atoms with Gasteiger partial charge in [-0.05, 0) is 6.92 Å². The van der Waals surface area contributed by atoms with Crippen LogP contribution in [0.4, 0.5) is 5.69 Å². The molecule has 2 rings (SSSR count). The second-order valence-corrected chi connectivity index (χ2v) is 3.59. The molecule has 80 valence electrons. The number of carbonyl (C=O) groups is 1. The molecule has 15 heavy (non-hydrogen) atoms. The zero-order valence-corrected chi connectivity index (χ0v) is 8.06. The maximum Gasteiger partial charge on any atom is 0.234 e. The van der Waals surface area contributed by atoms with Crippen molar-refractivity contribution in [2.75, 3.05) is 5.32 Å². The number of H-pyrrole nitrogens is 1. The summed E-state index contributed by atoms with van der Waals surface area (Å²) in [5.41, 5.74) is 1.32. The number of nitrogens with one attached hydrogen (secondary N) is 2. The van der Waals surface area contributed by atoms with Gasteiger partial charge in [-0.15, -0.1) is 0 Å². The maximum atomic E-state index is 11.5. The molecule has 1 aromatic rings. The summed E-state index contributed by atoms with van der Waals surface area (Å²) in [6.45, 7) is 1.76. The normalized spacial score (nSPS) is 23.5. The van der Waals surface area contributed by atoms with E-state index >= 15 is 0 Å². The highest BCUT2D eigenvalue weighted by Gasteiger charge is 2.53. The average Bonchev–Trinajstić information content (AvgIpc) is 2.88. The van der Waals surface area contributed by atoms with Gasteiger partial charge in [-0.1, -0.05) is 0 Å². The molecule has 0 saturated heterocycles. The van der Waals surface area contributed by atoms with Gasteiger partial charge >= 0.3 is 0 Å². The number of carbonyl (C=O) groups excluding carboxylic acids is 1. The smallest absolute Gasteiger partial charge is 0.234 e. The van der Waals surface area contributed by atoms with Crippen molar-refractivity contribution < 1.29 is 9.72 Å². The first-order chi connectivity index (χ1) is 7.09. The van der Waals surface area contributed by atoms with Crippen LogP contribution in [0.3, 0.4) is 0 Å². The number of nitrogens with zero attached hydrogens (tertiary/aromatic N) is 2. The van der Waals surface area contributed by atoms with Crippen LogP contribution in [0.15, 0.2) is 6.20 Å². The molecular weight excluding hydrogens is 200 g/mol. The Bertz CT molecular complexity index is 414. The van der Waals surface area contributed by atoms with Gasteiger partial charge in [0.15, 0.2) is 0 Å². The van der Waals surface area contributed by atoms with Crippen molar-refractivity contribution in [3.8, 4) is 0 Å². The molecular formula is C8H10N4O3. The SMILES string of the molecule is Cc1[nH]ncc1NC(=O)[C@@H]1C[C@H]1[N+](=O)[O-]. The first kappa shape index (κ1) is 9.63. The van der Waals surface area contributed by atoms with Gasteiger partial charge in [-0.2, -0.15) is 5.10 Å². The number of hydrogen-bond acceptors (Lipinski definition) is 4. The minimum Gasteiger partial charge on any atom is -0.323 e. The van der Waals surface area contributed by atoms with E-state index in [2.05, 4.69) is 15.5 Å². The summed E-state index contributed by atoms with van der Waals surface area (Å²) in [7, 11) is 0. The van der Waals surface area contributed by atoms with E-state index in [1.165, 1.54) is 6.20 Å². The van der Waals surface area contributed by atoms with Gasteiger partial charge in [-0.25, -0.2) is 0 Å². The van der Waals surface area contributed by atoms with E-state index in [1.54, 1.807) is 6.92 Å². The number of aromatic amines is 1. The third-order valence-corrected chi connectivity index (χ3v) is 2.45. The van der Waals surface area contributed by atoms with E-state index in [9.17, 15) is 14.9 Å². The summed E-state index contributed by atoms with van der Waals surface area (Å²) in [5, 5.41) is 19.4. The van der Waals surface area contributed by atoms with E-state index in [-0.39, 0.29) is 5.91 Å². The standard InChI is InChI=1S/C8H10N4O3/c1-4-6(3-9-11-4)10-8(13)5-2-7(5)12(14)15/h3,5,7H,2H2,1H3,(H,9,11)(H,10,13)/t5-,7-/m1/s1. The molecule has 2 N–H and O–H groups in total. The Morgan fingerprint density at radius 2 is 2.53 bits per heavy atom. The molecule has 1 saturated carbocycles. The first-order valence-corrected chi connectivity index (χ1v) is 4.54. The lowest BCUT2D eigenvalue weighted by molar-refractivity contribution is -0.497. The monoisotopic (exact) mass is 210 g/mol. The lowest BCUT2D eigenvalue weighted by atomic mass is 10.3. The number of anilines is 1. The van der Waals surface area contributed by atoms with Crippen LogP contribution >= 0.6 is 0 Å². The summed E-state index contributed by atoms with van der Waals surface area (Å²) in [4.78, 5) is 21.4. The van der Waals surface area contributed by atoms with E-state index < -0.39 is 16.9 Å². The van der Waals surface area contributed by atoms with Crippen LogP contribution in [0, 0.1) is 23.0 Å². The van der Waals surface area contributed by atoms with Gasteiger partial charge in [0.2, 0.25) is 11.9 Å². The predicted octanol–water partition coefficient (Wildman–Crippen LogP) is 0.322. The Labute approximate surface area is 85.0 Å². The zero-order valence-electron chi connectivity index (χ0n) is 8.06. The first-order valence-electron chi connectivity index (χ1n) is 4.54. The van der Waals surface area contributed by atoms with Crippen LogP contribution in [0.5, 0.6) is 0 Å². The second-order valence-electron chi connectivity index (χ2n) is 3.59. The Morgan fingerprint density at radius 3 is 3.00 bits per heavy atom. The van der Waals surface area contributed by atoms with Gasteiger partial charge in [0.25, 0.3) is 0 Å². The molecule has 1 aliphatic rings. The van der Waals surface area contributed by atoms with Crippen molar-refractivity contribution in [1.29, 1.82) is 0 Å². The van der Waals surface area contributed by atoms with Crippen molar-refractivity contribution in [3.63, 3.8) is 0 Å². The largest absolute Gasteiger partial charge is 0.323 e. The maximum absolute atomic E-state index is 11.5. The Morgan fingerprint density at radius 1 is 1.80 bits per heavy atom. The molecule has 1 aliphatic carbocycles. The highest BCUT2D eigenvalue weighted by atomic mass is 16.6. The van der Waals surface area contributed by atoms with Crippen molar-refractivity contribution >= 4 is 11.6 Å². The number of aromatic nitrogens is 2. The van der Waals surface area contributed by atoms with E-state index in [1.807, 2.05) is 0 Å². The van der Waals surface area contributed by atoms with E-state index in [0.717, 1.165) is 5.69 Å². The lowest BCUT2D eigenvalue weighted by Gasteiger charge is -2.00. The molecule has 2 atom stereocenters. The zero-order chi connectivity index (χ0) is 11.0. The number of amides is 1. The number of hydrogen-bond donors (Lipinski definition) is 2. The van der Waals surface area contributed by atoms with Crippen LogP contribution in [0.2, 0.25) is 0 Å². The second kappa shape index (κ2) is 3.34. The van der Waals surface area contributed by atoms with Crippen LogP contribution in [0.25, 0.3) is 0 Å². The Hall–Kier alpha value is -1.92. The van der Waals surface area contributed by atoms with Gasteiger partial charge in [0.05, 0.1) is 17.6 Å². The summed E-state index contributed by atoms with van der Waals surface area (Å²) >= 11 is 0. The highest BCUT2D eigenvalue weighted by Crippen LogP contribution is 2.34. The van der Waals surface area contributed by atoms with E-state index in [4.69, 9.17) is 0 Å². The van der Waals surface area contributed by atoms with Crippen molar-refractivity contribution in [3.05, 3.63) is 22.0 Å². The van der Waals surface area contributed by atoms with Crippen LogP contribution < -0.4 is 5.32 Å². The fraction of sp³-hybridized carbons (Fsp3) is 0.500. The minimum absolute atomic E-state index is 0.304. The third-order valence-electron chi connectivity index (χ3n) is 2.45. The summed E-state index contributed by atoms with van der Waals surface area (Å²) < 4.78 is 0. The summed E-state index contributed by atoms with van der Waals surface area (Å²) in [5.74, 6) is -0.796. The molecule has 0 radical (unpaired) electrons. The van der Waals surface area contributed by atoms with Crippen LogP contribution in [-0.4, -0.2) is 27.1 Å². The topological polar surface area (TPSA) is 101 Å². The molecule has 0 aliphatic heterocycles. The van der Waals surface area contributed by atoms with Crippen molar-refractivity contribution in [1.82, 2.24) is 10.2 Å². The molecule has 7 nitrogen and oxygen atoms in total. The van der Waals surface area contributed by atoms with Crippen LogP contribution in [-0.2, 0) is 4.79 Å². The third kappa shape index (κ3) is 1.80. The molecule has 1 aromatic heterocycles. The molecule has 0 unspecified atom stereocenters. The Kier molecular flexibility index (Phi) is 2.14. The average molecular weight is 210 g/mol. The van der Waals surface area contributed by atoms with Crippen LogP contribution in [0.1, 0.15) is 12.1 Å². The predicted molar refractivity (Wildman–Crippen MR) is 50.8 cm³/mol. The molecule has 1 amide bonds. The molecule has 1 heterocycles. The fourth-order valence-corrected chi connectivity index (χ4v) is 1.40. The molecule has 1 fully saturated rings. The summed E-state index contributed by atoms with van der Waals surface area (Å²) in [6.07, 6.45) is 1.81. The molecule has 0 aromatic carbocycles. The quantitative estimate of drug-likeness (QED) is 0.554. The number of nitro groups is 1. The van der Waals surface area contributed by atoms with Gasteiger partial charge in [0.1, 0.15) is 5.92 Å². The lowest BCUT2D eigenvalue weighted by Crippen LogP contribution is -2.18. The van der Waals surface area contributed by atoms with Gasteiger partial charge < -0.3 is 5.32 Å². The minimum atomic E-state index is -0.711. The number of rotatable bonds is 3. The molecule has 0 spiro atoms. The molecule has 0 bridgehead atoms. The number of aryl methyl sites for hydroxylation is 1.